The number of aliphatic hydroxyl groups excluding tert-OH is 1. The van der Waals surface area contributed by atoms with Crippen molar-refractivity contribution < 1.29 is 14.9 Å². The molecule has 1 aliphatic heterocycles. The monoisotopic (exact) mass is 501 g/mol. The molecule has 3 heterocycles. The van der Waals surface area contributed by atoms with E-state index in [1.165, 1.54) is 0 Å². The fraction of sp³-hybridized carbons (Fsp3) is 0.379. The second-order valence-electron chi connectivity index (χ2n) is 9.88. The highest BCUT2D eigenvalue weighted by molar-refractivity contribution is 5.82. The van der Waals surface area contributed by atoms with Crippen molar-refractivity contribution in [3.63, 3.8) is 0 Å². The van der Waals surface area contributed by atoms with Crippen LogP contribution in [0.15, 0.2) is 60.7 Å². The number of benzene rings is 2. The Morgan fingerprint density at radius 2 is 1.78 bits per heavy atom. The van der Waals surface area contributed by atoms with E-state index >= 15 is 0 Å². The first-order valence-corrected chi connectivity index (χ1v) is 12.9. The molecule has 1 fully saturated rings. The molecule has 1 aliphatic rings. The number of β-amino-alcohol motifs (C(OH)–C–C–N with tert-alkyl or cyclic N) is 1. The molecule has 0 amide bonds. The van der Waals surface area contributed by atoms with Crippen molar-refractivity contribution in [2.75, 3.05) is 31.6 Å². The van der Waals surface area contributed by atoms with Crippen LogP contribution in [-0.4, -0.2) is 68.0 Å². The molecule has 3 N–H and O–H groups in total. The lowest BCUT2D eigenvalue weighted by Gasteiger charge is -2.33. The molecule has 0 aliphatic carbocycles. The SMILES string of the molecule is Cc1ccc(O)c(Cn2c(NC3CCN(CC(O)COc4ccccc4)CC3)nc3c(C)cccc32)n1. The van der Waals surface area contributed by atoms with Gasteiger partial charge in [-0.1, -0.05) is 30.3 Å². The quantitative estimate of drug-likeness (QED) is 0.318. The zero-order valence-corrected chi connectivity index (χ0v) is 21.5. The van der Waals surface area contributed by atoms with Gasteiger partial charge in [-0.05, 0) is 62.6 Å². The zero-order valence-electron chi connectivity index (χ0n) is 21.5. The summed E-state index contributed by atoms with van der Waals surface area (Å²) in [5.41, 5.74) is 4.58. The first-order chi connectivity index (χ1) is 18.0. The van der Waals surface area contributed by atoms with Crippen LogP contribution < -0.4 is 10.1 Å². The molecule has 5 rings (SSSR count). The number of aromatic nitrogens is 3. The Bertz CT molecular complexity index is 1330. The maximum Gasteiger partial charge on any atom is 0.204 e. The number of nitrogens with one attached hydrogen (secondary N) is 1. The van der Waals surface area contributed by atoms with E-state index in [9.17, 15) is 10.2 Å². The molecule has 0 bridgehead atoms. The van der Waals surface area contributed by atoms with Gasteiger partial charge in [-0.25, -0.2) is 4.98 Å². The van der Waals surface area contributed by atoms with Gasteiger partial charge in [0.1, 0.15) is 29.9 Å². The molecule has 0 spiro atoms. The zero-order chi connectivity index (χ0) is 25.8. The summed E-state index contributed by atoms with van der Waals surface area (Å²) >= 11 is 0. The van der Waals surface area contributed by atoms with Gasteiger partial charge in [0.15, 0.2) is 0 Å². The number of piperidine rings is 1. The molecule has 1 saturated heterocycles. The number of para-hydroxylation sites is 2. The Morgan fingerprint density at radius 3 is 2.57 bits per heavy atom. The normalized spacial score (nSPS) is 15.6. The van der Waals surface area contributed by atoms with Crippen LogP contribution in [0.5, 0.6) is 11.5 Å². The van der Waals surface area contributed by atoms with Gasteiger partial charge < -0.3 is 29.7 Å². The van der Waals surface area contributed by atoms with E-state index in [1.54, 1.807) is 6.07 Å². The molecule has 8 nitrogen and oxygen atoms in total. The summed E-state index contributed by atoms with van der Waals surface area (Å²) in [6.07, 6.45) is 1.36. The molecule has 0 saturated carbocycles. The smallest absolute Gasteiger partial charge is 0.204 e. The van der Waals surface area contributed by atoms with Crippen LogP contribution in [0, 0.1) is 13.8 Å². The molecule has 1 atom stereocenters. The number of fused-ring (bicyclic) bond motifs is 1. The van der Waals surface area contributed by atoms with Gasteiger partial charge in [-0.3, -0.25) is 4.98 Å². The summed E-state index contributed by atoms with van der Waals surface area (Å²) < 4.78 is 7.81. The Morgan fingerprint density at radius 1 is 1.00 bits per heavy atom. The Kier molecular flexibility index (Phi) is 7.58. The highest BCUT2D eigenvalue weighted by atomic mass is 16.5. The lowest BCUT2D eigenvalue weighted by molar-refractivity contribution is 0.0604. The first kappa shape index (κ1) is 25.0. The number of likely N-dealkylation sites (tertiary alicyclic amines) is 1. The van der Waals surface area contributed by atoms with Crippen LogP contribution in [0.3, 0.4) is 0 Å². The average molecular weight is 502 g/mol. The first-order valence-electron chi connectivity index (χ1n) is 12.9. The van der Waals surface area contributed by atoms with Gasteiger partial charge in [0.05, 0.1) is 17.6 Å². The number of ether oxygens (including phenoxy) is 1. The Hall–Kier alpha value is -3.62. The lowest BCUT2D eigenvalue weighted by Crippen LogP contribution is -2.43. The van der Waals surface area contributed by atoms with E-state index in [-0.39, 0.29) is 18.4 Å². The predicted octanol–water partition coefficient (Wildman–Crippen LogP) is 4.12. The second-order valence-corrected chi connectivity index (χ2v) is 9.88. The van der Waals surface area contributed by atoms with Crippen molar-refractivity contribution >= 4 is 17.0 Å². The Labute approximate surface area is 217 Å². The van der Waals surface area contributed by atoms with Crippen molar-refractivity contribution in [1.29, 1.82) is 0 Å². The number of hydrogen-bond acceptors (Lipinski definition) is 7. The minimum Gasteiger partial charge on any atom is -0.506 e. The summed E-state index contributed by atoms with van der Waals surface area (Å²) in [5, 5.41) is 24.6. The predicted molar refractivity (Wildman–Crippen MR) is 145 cm³/mol. The number of aryl methyl sites for hydroxylation is 2. The van der Waals surface area contributed by atoms with Gasteiger partial charge in [-0.15, -0.1) is 0 Å². The van der Waals surface area contributed by atoms with Crippen molar-refractivity contribution in [3.8, 4) is 11.5 Å². The van der Waals surface area contributed by atoms with E-state index in [1.807, 2.05) is 49.4 Å². The summed E-state index contributed by atoms with van der Waals surface area (Å²) in [6.45, 7) is 7.08. The molecule has 194 valence electrons. The van der Waals surface area contributed by atoms with Gasteiger partial charge in [0, 0.05) is 31.4 Å². The van der Waals surface area contributed by atoms with E-state index in [0.717, 1.165) is 59.9 Å². The van der Waals surface area contributed by atoms with Crippen molar-refractivity contribution in [2.24, 2.45) is 0 Å². The lowest BCUT2D eigenvalue weighted by atomic mass is 10.0. The van der Waals surface area contributed by atoms with E-state index in [2.05, 4.69) is 38.8 Å². The maximum atomic E-state index is 10.5. The average Bonchev–Trinajstić information content (AvgIpc) is 3.25. The van der Waals surface area contributed by atoms with Crippen molar-refractivity contribution in [1.82, 2.24) is 19.4 Å². The highest BCUT2D eigenvalue weighted by Gasteiger charge is 2.24. The van der Waals surface area contributed by atoms with Gasteiger partial charge >= 0.3 is 0 Å². The molecular formula is C29H35N5O3. The van der Waals surface area contributed by atoms with Gasteiger partial charge in [-0.2, -0.15) is 0 Å². The van der Waals surface area contributed by atoms with Crippen LogP contribution in [0.1, 0.15) is 29.8 Å². The molecule has 0 radical (unpaired) electrons. The number of imidazole rings is 1. The number of aromatic hydroxyl groups is 1. The topological polar surface area (TPSA) is 95.7 Å². The molecule has 8 heteroatoms. The van der Waals surface area contributed by atoms with Crippen LogP contribution in [-0.2, 0) is 6.54 Å². The van der Waals surface area contributed by atoms with Crippen LogP contribution in [0.4, 0.5) is 5.95 Å². The van der Waals surface area contributed by atoms with Crippen LogP contribution >= 0.6 is 0 Å². The minimum atomic E-state index is -0.536. The van der Waals surface area contributed by atoms with Crippen molar-refractivity contribution in [2.45, 2.75) is 45.4 Å². The van der Waals surface area contributed by atoms with Crippen LogP contribution in [0.25, 0.3) is 11.0 Å². The third-order valence-corrected chi connectivity index (χ3v) is 6.95. The van der Waals surface area contributed by atoms with Gasteiger partial charge in [0.2, 0.25) is 5.95 Å². The van der Waals surface area contributed by atoms with Gasteiger partial charge in [0.25, 0.3) is 0 Å². The molecule has 2 aromatic heterocycles. The number of pyridine rings is 1. The largest absolute Gasteiger partial charge is 0.506 e. The molecule has 4 aromatic rings. The fourth-order valence-electron chi connectivity index (χ4n) is 4.93. The molecular weight excluding hydrogens is 466 g/mol. The summed E-state index contributed by atoms with van der Waals surface area (Å²) in [5.74, 6) is 1.76. The van der Waals surface area contributed by atoms with Crippen LogP contribution in [0.2, 0.25) is 0 Å². The Balaban J connectivity index is 1.23. The maximum absolute atomic E-state index is 10.5. The number of rotatable bonds is 9. The molecule has 1 unspecified atom stereocenters. The number of anilines is 1. The fourth-order valence-corrected chi connectivity index (χ4v) is 4.93. The van der Waals surface area contributed by atoms with E-state index < -0.39 is 6.10 Å². The standard InChI is InChI=1S/C29H35N5O3/c1-20-7-6-10-26-28(20)32-29(34(26)18-25-27(36)12-11-21(2)30-25)31-22-13-15-33(16-14-22)17-23(35)19-37-24-8-4-3-5-9-24/h3-12,22-23,35-36H,13-19H2,1-2H3,(H,31,32). The third kappa shape index (κ3) is 6.03. The number of hydrogen-bond donors (Lipinski definition) is 3. The molecule has 2 aromatic carbocycles. The number of aliphatic hydroxyl groups is 1. The van der Waals surface area contributed by atoms with E-state index in [0.29, 0.717) is 18.8 Å². The minimum absolute atomic E-state index is 0.189. The molecule has 37 heavy (non-hydrogen) atoms. The summed E-state index contributed by atoms with van der Waals surface area (Å²) in [6, 6.07) is 19.5. The summed E-state index contributed by atoms with van der Waals surface area (Å²) in [7, 11) is 0. The summed E-state index contributed by atoms with van der Waals surface area (Å²) in [4.78, 5) is 11.8. The highest BCUT2D eigenvalue weighted by Crippen LogP contribution is 2.27. The number of nitrogens with zero attached hydrogens (tertiary/aromatic N) is 4. The van der Waals surface area contributed by atoms with Crippen molar-refractivity contribution in [3.05, 3.63) is 77.6 Å². The third-order valence-electron chi connectivity index (χ3n) is 6.95. The van der Waals surface area contributed by atoms with E-state index in [4.69, 9.17) is 9.72 Å². The second kappa shape index (κ2) is 11.2.